The summed E-state index contributed by atoms with van der Waals surface area (Å²) in [5, 5.41) is 0. The Bertz CT molecular complexity index is 975. The summed E-state index contributed by atoms with van der Waals surface area (Å²) in [6, 6.07) is 11.1. The summed E-state index contributed by atoms with van der Waals surface area (Å²) in [7, 11) is -3.54. The molecule has 0 unspecified atom stereocenters. The smallest absolute Gasteiger partial charge is 0.254 e. The van der Waals surface area contributed by atoms with Gasteiger partial charge in [0, 0.05) is 31.7 Å². The molecule has 0 radical (unpaired) electrons. The first kappa shape index (κ1) is 19.6. The Morgan fingerprint density at radius 3 is 2.19 bits per heavy atom. The third-order valence-electron chi connectivity index (χ3n) is 5.31. The number of benzene rings is 2. The minimum atomic E-state index is -3.54. The number of amides is 1. The van der Waals surface area contributed by atoms with Gasteiger partial charge in [-0.3, -0.25) is 4.79 Å². The van der Waals surface area contributed by atoms with Crippen molar-refractivity contribution in [1.29, 1.82) is 0 Å². The maximum atomic E-state index is 13.0. The fraction of sp³-hybridized carbons (Fsp3) is 0.381. The Kier molecular flexibility index (Phi) is 5.40. The second-order valence-electron chi connectivity index (χ2n) is 7.21. The fourth-order valence-electron chi connectivity index (χ4n) is 3.51. The molecule has 2 aromatic carbocycles. The van der Waals surface area contributed by atoms with Crippen LogP contribution in [0.5, 0.6) is 0 Å². The van der Waals surface area contributed by atoms with Crippen LogP contribution in [0.3, 0.4) is 0 Å². The maximum Gasteiger partial charge on any atom is 0.254 e. The van der Waals surface area contributed by atoms with Crippen molar-refractivity contribution in [2.45, 2.75) is 32.6 Å². The number of rotatable bonds is 3. The standard InChI is InChI=1S/C21H26N2O3S/c1-15-8-9-20(17(3)14-15)27(25,26)23-12-10-22(11-13-23)21(24)19-7-5-6-16(2)18(19)4/h5-9,14H,10-13H2,1-4H3. The van der Waals surface area contributed by atoms with Gasteiger partial charge in [-0.1, -0.05) is 29.8 Å². The third-order valence-corrected chi connectivity index (χ3v) is 7.37. The molecule has 0 aliphatic carbocycles. The summed E-state index contributed by atoms with van der Waals surface area (Å²) in [6.45, 7) is 9.12. The largest absolute Gasteiger partial charge is 0.336 e. The molecule has 0 saturated carbocycles. The Morgan fingerprint density at radius 2 is 1.56 bits per heavy atom. The topological polar surface area (TPSA) is 57.7 Å². The minimum absolute atomic E-state index is 0.0280. The van der Waals surface area contributed by atoms with Gasteiger partial charge in [0.1, 0.15) is 0 Å². The van der Waals surface area contributed by atoms with Crippen LogP contribution in [0.4, 0.5) is 0 Å². The quantitative estimate of drug-likeness (QED) is 0.815. The van der Waals surface area contributed by atoms with Crippen molar-refractivity contribution in [3.63, 3.8) is 0 Å². The Labute approximate surface area is 161 Å². The van der Waals surface area contributed by atoms with Gasteiger partial charge in [0.15, 0.2) is 0 Å². The van der Waals surface area contributed by atoms with Crippen LogP contribution in [0.1, 0.15) is 32.6 Å². The Hall–Kier alpha value is -2.18. The second kappa shape index (κ2) is 7.44. The predicted molar refractivity (Wildman–Crippen MR) is 106 cm³/mol. The first-order valence-electron chi connectivity index (χ1n) is 9.14. The highest BCUT2D eigenvalue weighted by molar-refractivity contribution is 7.89. The summed E-state index contributed by atoms with van der Waals surface area (Å²) in [6.07, 6.45) is 0. The first-order chi connectivity index (χ1) is 12.7. The number of aryl methyl sites for hydroxylation is 3. The normalized spacial score (nSPS) is 15.8. The van der Waals surface area contributed by atoms with E-state index in [1.165, 1.54) is 4.31 Å². The van der Waals surface area contributed by atoms with Gasteiger partial charge < -0.3 is 4.90 Å². The summed E-state index contributed by atoms with van der Waals surface area (Å²) < 4.78 is 27.5. The van der Waals surface area contributed by atoms with Gasteiger partial charge in [-0.05, 0) is 56.5 Å². The summed E-state index contributed by atoms with van der Waals surface area (Å²) in [5.41, 5.74) is 4.55. The SMILES string of the molecule is Cc1ccc(S(=O)(=O)N2CCN(C(=O)c3cccc(C)c3C)CC2)c(C)c1. The third kappa shape index (κ3) is 3.77. The number of nitrogens with zero attached hydrogens (tertiary/aromatic N) is 2. The molecule has 144 valence electrons. The van der Waals surface area contributed by atoms with Gasteiger partial charge in [0.2, 0.25) is 10.0 Å². The molecular weight excluding hydrogens is 360 g/mol. The van der Waals surface area contributed by atoms with Crippen LogP contribution >= 0.6 is 0 Å². The lowest BCUT2D eigenvalue weighted by Gasteiger charge is -2.34. The van der Waals surface area contributed by atoms with E-state index in [1.807, 2.05) is 58.0 Å². The van der Waals surface area contributed by atoms with Crippen LogP contribution in [0, 0.1) is 27.7 Å². The molecule has 0 spiro atoms. The number of carbonyl (C=O) groups is 1. The van der Waals surface area contributed by atoms with Gasteiger partial charge in [-0.25, -0.2) is 8.42 Å². The molecule has 1 heterocycles. The summed E-state index contributed by atoms with van der Waals surface area (Å²) >= 11 is 0. The molecule has 6 heteroatoms. The highest BCUT2D eigenvalue weighted by Crippen LogP contribution is 2.23. The molecule has 1 aliphatic heterocycles. The summed E-state index contributed by atoms with van der Waals surface area (Å²) in [4.78, 5) is 14.9. The molecule has 3 rings (SSSR count). The van der Waals surface area contributed by atoms with Crippen molar-refractivity contribution in [3.05, 3.63) is 64.2 Å². The molecule has 0 bridgehead atoms. The first-order valence-corrected chi connectivity index (χ1v) is 10.6. The van der Waals surface area contributed by atoms with Crippen molar-refractivity contribution in [1.82, 2.24) is 9.21 Å². The van der Waals surface area contributed by atoms with Gasteiger partial charge in [0.05, 0.1) is 4.90 Å². The van der Waals surface area contributed by atoms with Gasteiger partial charge in [-0.2, -0.15) is 4.31 Å². The average molecular weight is 387 g/mol. The lowest BCUT2D eigenvalue weighted by Crippen LogP contribution is -2.50. The molecular formula is C21H26N2O3S. The molecule has 27 heavy (non-hydrogen) atoms. The number of sulfonamides is 1. The lowest BCUT2D eigenvalue weighted by molar-refractivity contribution is 0.0697. The molecule has 2 aromatic rings. The van der Waals surface area contributed by atoms with E-state index in [2.05, 4.69) is 0 Å². The molecule has 0 N–H and O–H groups in total. The number of carbonyl (C=O) groups excluding carboxylic acids is 1. The van der Waals surface area contributed by atoms with Gasteiger partial charge >= 0.3 is 0 Å². The number of piperazine rings is 1. The molecule has 1 saturated heterocycles. The van der Waals surface area contributed by atoms with Crippen LogP contribution in [0.2, 0.25) is 0 Å². The van der Waals surface area contributed by atoms with E-state index >= 15 is 0 Å². The van der Waals surface area contributed by atoms with Crippen molar-refractivity contribution in [2.24, 2.45) is 0 Å². The van der Waals surface area contributed by atoms with E-state index in [4.69, 9.17) is 0 Å². The Morgan fingerprint density at radius 1 is 0.889 bits per heavy atom. The van der Waals surface area contributed by atoms with Crippen molar-refractivity contribution in [3.8, 4) is 0 Å². The molecule has 1 amide bonds. The van der Waals surface area contributed by atoms with Crippen molar-refractivity contribution in [2.75, 3.05) is 26.2 Å². The van der Waals surface area contributed by atoms with Crippen LogP contribution in [-0.4, -0.2) is 49.7 Å². The van der Waals surface area contributed by atoms with E-state index in [1.54, 1.807) is 11.0 Å². The van der Waals surface area contributed by atoms with Crippen LogP contribution < -0.4 is 0 Å². The predicted octanol–water partition coefficient (Wildman–Crippen LogP) is 3.07. The molecule has 5 nitrogen and oxygen atoms in total. The minimum Gasteiger partial charge on any atom is -0.336 e. The molecule has 0 atom stereocenters. The zero-order chi connectivity index (χ0) is 19.8. The number of hydrogen-bond donors (Lipinski definition) is 0. The van der Waals surface area contributed by atoms with E-state index in [0.29, 0.717) is 36.6 Å². The molecule has 1 aliphatic rings. The fourth-order valence-corrected chi connectivity index (χ4v) is 5.14. The van der Waals surface area contributed by atoms with E-state index in [-0.39, 0.29) is 5.91 Å². The highest BCUT2D eigenvalue weighted by Gasteiger charge is 2.31. The van der Waals surface area contributed by atoms with Crippen LogP contribution in [0.15, 0.2) is 41.3 Å². The second-order valence-corrected chi connectivity index (χ2v) is 9.12. The van der Waals surface area contributed by atoms with E-state index in [0.717, 1.165) is 22.3 Å². The lowest BCUT2D eigenvalue weighted by atomic mass is 10.0. The van der Waals surface area contributed by atoms with Gasteiger partial charge in [0.25, 0.3) is 5.91 Å². The van der Waals surface area contributed by atoms with E-state index in [9.17, 15) is 13.2 Å². The van der Waals surface area contributed by atoms with Crippen LogP contribution in [0.25, 0.3) is 0 Å². The summed E-state index contributed by atoms with van der Waals surface area (Å²) in [5.74, 6) is -0.0280. The average Bonchev–Trinajstić information content (AvgIpc) is 2.63. The van der Waals surface area contributed by atoms with Gasteiger partial charge in [-0.15, -0.1) is 0 Å². The van der Waals surface area contributed by atoms with Crippen LogP contribution in [-0.2, 0) is 10.0 Å². The number of hydrogen-bond acceptors (Lipinski definition) is 3. The molecule has 0 aromatic heterocycles. The van der Waals surface area contributed by atoms with E-state index < -0.39 is 10.0 Å². The Balaban J connectivity index is 1.75. The van der Waals surface area contributed by atoms with Crippen molar-refractivity contribution < 1.29 is 13.2 Å². The zero-order valence-corrected chi connectivity index (χ0v) is 17.1. The molecule has 1 fully saturated rings. The zero-order valence-electron chi connectivity index (χ0n) is 16.3. The highest BCUT2D eigenvalue weighted by atomic mass is 32.2. The monoisotopic (exact) mass is 386 g/mol. The van der Waals surface area contributed by atoms with Crippen molar-refractivity contribution >= 4 is 15.9 Å². The maximum absolute atomic E-state index is 13.0.